The first-order valence-corrected chi connectivity index (χ1v) is 6.61. The van der Waals surface area contributed by atoms with Gasteiger partial charge in [0.25, 0.3) is 0 Å². The summed E-state index contributed by atoms with van der Waals surface area (Å²) in [7, 11) is 1.62. The fourth-order valence-electron chi connectivity index (χ4n) is 2.55. The van der Waals surface area contributed by atoms with Crippen LogP contribution >= 0.6 is 0 Å². The highest BCUT2D eigenvalue weighted by atomic mass is 16.5. The van der Waals surface area contributed by atoms with Gasteiger partial charge in [-0.25, -0.2) is 9.97 Å². The molecule has 0 radical (unpaired) electrons. The number of nitrogens with two attached hydrogens (primary N) is 1. The summed E-state index contributed by atoms with van der Waals surface area (Å²) in [5.74, 6) is 2.24. The summed E-state index contributed by atoms with van der Waals surface area (Å²) in [5.41, 5.74) is 5.88. The van der Waals surface area contributed by atoms with Gasteiger partial charge in [-0.05, 0) is 18.8 Å². The van der Waals surface area contributed by atoms with Crippen molar-refractivity contribution in [3.63, 3.8) is 0 Å². The van der Waals surface area contributed by atoms with Gasteiger partial charge in [-0.1, -0.05) is 13.3 Å². The maximum atomic E-state index is 5.88. The lowest BCUT2D eigenvalue weighted by Crippen LogP contribution is -2.47. The van der Waals surface area contributed by atoms with E-state index in [9.17, 15) is 0 Å². The van der Waals surface area contributed by atoms with E-state index in [4.69, 9.17) is 10.5 Å². The molecule has 0 aromatic carbocycles. The van der Waals surface area contributed by atoms with Gasteiger partial charge in [-0.3, -0.25) is 0 Å². The van der Waals surface area contributed by atoms with E-state index in [1.165, 1.54) is 12.8 Å². The molecule has 0 spiro atoms. The molecule has 1 fully saturated rings. The molecule has 1 aliphatic heterocycles. The molecular formula is C13H22N4O. The first-order chi connectivity index (χ1) is 8.78. The Morgan fingerprint density at radius 3 is 2.72 bits per heavy atom. The van der Waals surface area contributed by atoms with Crippen molar-refractivity contribution in [2.24, 2.45) is 11.7 Å². The molecule has 1 aliphatic rings. The Hall–Kier alpha value is -1.36. The number of rotatable bonds is 4. The molecule has 5 heteroatoms. The molecule has 2 rings (SSSR count). The van der Waals surface area contributed by atoms with Crippen LogP contribution in [0.5, 0.6) is 5.75 Å². The van der Waals surface area contributed by atoms with Crippen LogP contribution in [0.1, 0.15) is 26.2 Å². The SMILES string of the molecule is CCC1CCN(c2ncc(OC)cn2)C(CN)C1. The van der Waals surface area contributed by atoms with E-state index >= 15 is 0 Å². The van der Waals surface area contributed by atoms with Crippen molar-refractivity contribution in [3.05, 3.63) is 12.4 Å². The summed E-state index contributed by atoms with van der Waals surface area (Å²) in [6, 6.07) is 0.358. The number of anilines is 1. The Kier molecular flexibility index (Phi) is 4.36. The van der Waals surface area contributed by atoms with Crippen molar-refractivity contribution in [1.29, 1.82) is 0 Å². The van der Waals surface area contributed by atoms with Crippen LogP contribution in [-0.4, -0.2) is 36.2 Å². The molecule has 0 aliphatic carbocycles. The zero-order chi connectivity index (χ0) is 13.0. The van der Waals surface area contributed by atoms with Gasteiger partial charge in [0.05, 0.1) is 19.5 Å². The van der Waals surface area contributed by atoms with Gasteiger partial charge >= 0.3 is 0 Å². The third kappa shape index (κ3) is 2.72. The molecule has 2 heterocycles. The summed E-state index contributed by atoms with van der Waals surface area (Å²) in [5, 5.41) is 0. The highest BCUT2D eigenvalue weighted by Gasteiger charge is 2.28. The number of methoxy groups -OCH3 is 1. The quantitative estimate of drug-likeness (QED) is 0.876. The highest BCUT2D eigenvalue weighted by molar-refractivity contribution is 5.34. The molecule has 5 nitrogen and oxygen atoms in total. The van der Waals surface area contributed by atoms with E-state index in [1.54, 1.807) is 19.5 Å². The van der Waals surface area contributed by atoms with Gasteiger partial charge in [0, 0.05) is 19.1 Å². The number of piperidine rings is 1. The van der Waals surface area contributed by atoms with Crippen LogP contribution in [0.25, 0.3) is 0 Å². The van der Waals surface area contributed by atoms with Crippen LogP contribution in [0.4, 0.5) is 5.95 Å². The third-order valence-corrected chi connectivity index (χ3v) is 3.78. The summed E-state index contributed by atoms with van der Waals surface area (Å²) >= 11 is 0. The van der Waals surface area contributed by atoms with Crippen molar-refractivity contribution in [1.82, 2.24) is 9.97 Å². The number of hydrogen-bond donors (Lipinski definition) is 1. The van der Waals surface area contributed by atoms with E-state index in [-0.39, 0.29) is 0 Å². The molecule has 100 valence electrons. The minimum atomic E-state index is 0.358. The van der Waals surface area contributed by atoms with E-state index in [1.807, 2.05) is 0 Å². The largest absolute Gasteiger partial charge is 0.494 e. The summed E-state index contributed by atoms with van der Waals surface area (Å²) in [6.45, 7) is 3.90. The van der Waals surface area contributed by atoms with Gasteiger partial charge in [-0.15, -0.1) is 0 Å². The van der Waals surface area contributed by atoms with Gasteiger partial charge < -0.3 is 15.4 Å². The minimum Gasteiger partial charge on any atom is -0.494 e. The summed E-state index contributed by atoms with van der Waals surface area (Å²) < 4.78 is 5.08. The highest BCUT2D eigenvalue weighted by Crippen LogP contribution is 2.27. The predicted octanol–water partition coefficient (Wildman–Crippen LogP) is 1.44. The van der Waals surface area contributed by atoms with E-state index in [0.717, 1.165) is 24.8 Å². The fraction of sp³-hybridized carbons (Fsp3) is 0.692. The molecule has 0 saturated carbocycles. The monoisotopic (exact) mass is 250 g/mol. The maximum Gasteiger partial charge on any atom is 0.225 e. The van der Waals surface area contributed by atoms with Crippen LogP contribution in [0, 0.1) is 5.92 Å². The Morgan fingerprint density at radius 2 is 2.17 bits per heavy atom. The first-order valence-electron chi connectivity index (χ1n) is 6.61. The zero-order valence-corrected chi connectivity index (χ0v) is 11.2. The molecule has 2 unspecified atom stereocenters. The lowest BCUT2D eigenvalue weighted by atomic mass is 9.89. The van der Waals surface area contributed by atoms with E-state index in [0.29, 0.717) is 18.3 Å². The second-order valence-electron chi connectivity index (χ2n) is 4.80. The molecular weight excluding hydrogens is 228 g/mol. The van der Waals surface area contributed by atoms with Gasteiger partial charge in [-0.2, -0.15) is 0 Å². The Bertz CT molecular complexity index is 368. The van der Waals surface area contributed by atoms with Crippen molar-refractivity contribution >= 4 is 5.95 Å². The van der Waals surface area contributed by atoms with Crippen molar-refractivity contribution < 1.29 is 4.74 Å². The predicted molar refractivity (Wildman–Crippen MR) is 71.8 cm³/mol. The maximum absolute atomic E-state index is 5.88. The Morgan fingerprint density at radius 1 is 1.44 bits per heavy atom. The molecule has 1 saturated heterocycles. The average Bonchev–Trinajstić information content (AvgIpc) is 2.46. The molecule has 1 aromatic heterocycles. The number of aromatic nitrogens is 2. The summed E-state index contributed by atoms with van der Waals surface area (Å²) in [6.07, 6.45) is 6.99. The smallest absolute Gasteiger partial charge is 0.225 e. The van der Waals surface area contributed by atoms with Crippen LogP contribution < -0.4 is 15.4 Å². The molecule has 2 atom stereocenters. The second kappa shape index (κ2) is 6.00. The van der Waals surface area contributed by atoms with Crippen LogP contribution in [0.3, 0.4) is 0 Å². The Balaban J connectivity index is 2.10. The fourth-order valence-corrected chi connectivity index (χ4v) is 2.55. The topological polar surface area (TPSA) is 64.3 Å². The van der Waals surface area contributed by atoms with Gasteiger partial charge in [0.2, 0.25) is 5.95 Å². The van der Waals surface area contributed by atoms with Crippen LogP contribution in [0.2, 0.25) is 0 Å². The molecule has 0 amide bonds. The number of ether oxygens (including phenoxy) is 1. The van der Waals surface area contributed by atoms with Gasteiger partial charge in [0.1, 0.15) is 0 Å². The lowest BCUT2D eigenvalue weighted by molar-refractivity contribution is 0.332. The first kappa shape index (κ1) is 13.1. The van der Waals surface area contributed by atoms with Crippen molar-refractivity contribution in [2.75, 3.05) is 25.1 Å². The number of nitrogens with zero attached hydrogens (tertiary/aromatic N) is 3. The summed E-state index contributed by atoms with van der Waals surface area (Å²) in [4.78, 5) is 10.9. The van der Waals surface area contributed by atoms with Crippen LogP contribution in [0.15, 0.2) is 12.4 Å². The Labute approximate surface area is 108 Å². The van der Waals surface area contributed by atoms with E-state index in [2.05, 4.69) is 21.8 Å². The second-order valence-corrected chi connectivity index (χ2v) is 4.80. The number of hydrogen-bond acceptors (Lipinski definition) is 5. The zero-order valence-electron chi connectivity index (χ0n) is 11.2. The normalized spacial score (nSPS) is 24.1. The minimum absolute atomic E-state index is 0.358. The van der Waals surface area contributed by atoms with Crippen molar-refractivity contribution in [3.8, 4) is 5.75 Å². The average molecular weight is 250 g/mol. The van der Waals surface area contributed by atoms with Gasteiger partial charge in [0.15, 0.2) is 5.75 Å². The lowest BCUT2D eigenvalue weighted by Gasteiger charge is -2.38. The third-order valence-electron chi connectivity index (χ3n) is 3.78. The standard InChI is InChI=1S/C13H22N4O/c1-3-10-4-5-17(11(6-10)7-14)13-15-8-12(18-2)9-16-13/h8-11H,3-7,14H2,1-2H3. The molecule has 0 bridgehead atoms. The molecule has 2 N–H and O–H groups in total. The van der Waals surface area contributed by atoms with E-state index < -0.39 is 0 Å². The molecule has 18 heavy (non-hydrogen) atoms. The molecule has 1 aromatic rings. The van der Waals surface area contributed by atoms with Crippen molar-refractivity contribution in [2.45, 2.75) is 32.2 Å². The van der Waals surface area contributed by atoms with Crippen LogP contribution in [-0.2, 0) is 0 Å².